The maximum Gasteiger partial charge on any atom is 0.344 e. The number of hydrogen-bond acceptors (Lipinski definition) is 4. The van der Waals surface area contributed by atoms with Gasteiger partial charge < -0.3 is 14.8 Å². The van der Waals surface area contributed by atoms with Gasteiger partial charge in [0.15, 0.2) is 11.9 Å². The lowest BCUT2D eigenvalue weighted by atomic mass is 10.0. The fourth-order valence-electron chi connectivity index (χ4n) is 1.96. The van der Waals surface area contributed by atoms with E-state index < -0.39 is 11.6 Å². The molecule has 1 rings (SSSR count). The summed E-state index contributed by atoms with van der Waals surface area (Å²) in [7, 11) is 0. The number of hydrogen-bond donors (Lipinski definition) is 3. The number of aliphatic carboxylic acids is 1. The summed E-state index contributed by atoms with van der Waals surface area (Å²) in [5, 5.41) is 18.5. The van der Waals surface area contributed by atoms with Crippen LogP contribution in [0.4, 0.5) is 0 Å². The predicted molar refractivity (Wildman–Crippen MR) is 65.1 cm³/mol. The van der Waals surface area contributed by atoms with Gasteiger partial charge >= 0.3 is 5.97 Å². The van der Waals surface area contributed by atoms with Crippen LogP contribution in [-0.4, -0.2) is 27.0 Å². The SMILES string of the molecule is CCCC[C@](N)(C(=O)O)n1c(C=O)ccc1CO. The summed E-state index contributed by atoms with van der Waals surface area (Å²) in [6.45, 7) is 1.55. The number of aliphatic hydroxyl groups is 1. The fourth-order valence-corrected chi connectivity index (χ4v) is 1.96. The molecule has 0 aliphatic carbocycles. The molecular weight excluding hydrogens is 236 g/mol. The minimum absolute atomic E-state index is 0.153. The zero-order chi connectivity index (χ0) is 13.8. The first-order chi connectivity index (χ1) is 8.51. The van der Waals surface area contributed by atoms with E-state index >= 15 is 0 Å². The van der Waals surface area contributed by atoms with Crippen LogP contribution in [0.1, 0.15) is 42.4 Å². The highest BCUT2D eigenvalue weighted by atomic mass is 16.4. The minimum atomic E-state index is -1.70. The lowest BCUT2D eigenvalue weighted by Gasteiger charge is -2.29. The van der Waals surface area contributed by atoms with Crippen molar-refractivity contribution < 1.29 is 19.8 Å². The van der Waals surface area contributed by atoms with E-state index in [2.05, 4.69) is 0 Å². The van der Waals surface area contributed by atoms with Crippen molar-refractivity contribution in [2.75, 3.05) is 0 Å². The lowest BCUT2D eigenvalue weighted by Crippen LogP contribution is -2.51. The number of carbonyl (C=O) groups excluding carboxylic acids is 1. The molecule has 0 aliphatic rings. The van der Waals surface area contributed by atoms with Crippen LogP contribution < -0.4 is 5.73 Å². The largest absolute Gasteiger partial charge is 0.478 e. The van der Waals surface area contributed by atoms with Gasteiger partial charge in [-0.2, -0.15) is 0 Å². The number of aromatic nitrogens is 1. The van der Waals surface area contributed by atoms with Gasteiger partial charge in [-0.15, -0.1) is 0 Å². The van der Waals surface area contributed by atoms with Gasteiger partial charge in [0.25, 0.3) is 0 Å². The van der Waals surface area contributed by atoms with Crippen LogP contribution in [0.5, 0.6) is 0 Å². The third-order valence-corrected chi connectivity index (χ3v) is 2.96. The van der Waals surface area contributed by atoms with Gasteiger partial charge in [0.1, 0.15) is 0 Å². The Labute approximate surface area is 105 Å². The summed E-state index contributed by atoms with van der Waals surface area (Å²) < 4.78 is 1.21. The number of carboxylic acids is 1. The molecule has 0 aromatic carbocycles. The molecule has 6 nitrogen and oxygen atoms in total. The Bertz CT molecular complexity index is 441. The smallest absolute Gasteiger partial charge is 0.344 e. The van der Waals surface area contributed by atoms with Gasteiger partial charge in [0.2, 0.25) is 0 Å². The van der Waals surface area contributed by atoms with Crippen molar-refractivity contribution in [3.05, 3.63) is 23.5 Å². The van der Waals surface area contributed by atoms with Crippen molar-refractivity contribution in [3.8, 4) is 0 Å². The van der Waals surface area contributed by atoms with Gasteiger partial charge in [0, 0.05) is 5.69 Å². The summed E-state index contributed by atoms with van der Waals surface area (Å²) in [5.74, 6) is -1.22. The Morgan fingerprint density at radius 2 is 2.22 bits per heavy atom. The molecule has 0 amide bonds. The van der Waals surface area contributed by atoms with E-state index in [9.17, 15) is 19.8 Å². The molecule has 0 radical (unpaired) electrons. The number of carbonyl (C=O) groups is 2. The number of nitrogens with zero attached hydrogens (tertiary/aromatic N) is 1. The first kappa shape index (κ1) is 14.4. The van der Waals surface area contributed by atoms with Gasteiger partial charge in [-0.1, -0.05) is 13.3 Å². The molecule has 0 saturated carbocycles. The molecule has 6 heteroatoms. The summed E-state index contributed by atoms with van der Waals surface area (Å²) in [6, 6.07) is 2.95. The molecule has 1 aromatic heterocycles. The standard InChI is InChI=1S/C12H18N2O4/c1-2-3-6-12(13,11(17)18)14-9(7-15)4-5-10(14)8-16/h4-5,7,16H,2-3,6,8,13H2,1H3,(H,17,18)/t12-/m1/s1. The van der Waals surface area contributed by atoms with Crippen molar-refractivity contribution in [1.29, 1.82) is 0 Å². The molecule has 0 aliphatic heterocycles. The first-order valence-corrected chi connectivity index (χ1v) is 5.80. The Morgan fingerprint density at radius 1 is 1.56 bits per heavy atom. The van der Waals surface area contributed by atoms with Crippen LogP contribution in [0.25, 0.3) is 0 Å². The van der Waals surface area contributed by atoms with Crippen molar-refractivity contribution in [1.82, 2.24) is 4.57 Å². The first-order valence-electron chi connectivity index (χ1n) is 5.80. The fraction of sp³-hybridized carbons (Fsp3) is 0.500. The minimum Gasteiger partial charge on any atom is -0.478 e. The molecule has 1 atom stereocenters. The van der Waals surface area contributed by atoms with Crippen molar-refractivity contribution in [2.45, 2.75) is 38.5 Å². The van der Waals surface area contributed by atoms with Gasteiger partial charge in [-0.3, -0.25) is 10.5 Å². The highest BCUT2D eigenvalue weighted by molar-refractivity contribution is 5.80. The molecule has 18 heavy (non-hydrogen) atoms. The number of rotatable bonds is 7. The second-order valence-corrected chi connectivity index (χ2v) is 4.19. The number of aliphatic hydroxyl groups excluding tert-OH is 1. The predicted octanol–water partition coefficient (Wildman–Crippen LogP) is 0.679. The molecule has 4 N–H and O–H groups in total. The molecule has 1 aromatic rings. The van der Waals surface area contributed by atoms with Crippen molar-refractivity contribution in [2.24, 2.45) is 5.73 Å². The normalized spacial score (nSPS) is 14.2. The highest BCUT2D eigenvalue weighted by Gasteiger charge is 2.38. The van der Waals surface area contributed by atoms with Crippen LogP contribution in [0.15, 0.2) is 12.1 Å². The number of aldehydes is 1. The quantitative estimate of drug-likeness (QED) is 0.620. The third-order valence-electron chi connectivity index (χ3n) is 2.96. The molecule has 100 valence electrons. The topological polar surface area (TPSA) is 106 Å². The zero-order valence-corrected chi connectivity index (χ0v) is 10.3. The van der Waals surface area contributed by atoms with E-state index in [1.165, 1.54) is 16.7 Å². The van der Waals surface area contributed by atoms with Gasteiger partial charge in [-0.05, 0) is 25.0 Å². The average Bonchev–Trinajstić information content (AvgIpc) is 2.78. The summed E-state index contributed by atoms with van der Waals surface area (Å²) in [5.41, 5.74) is 4.71. The molecule has 0 bridgehead atoms. The Balaban J connectivity index is 3.31. The Kier molecular flexibility index (Phi) is 4.63. The lowest BCUT2D eigenvalue weighted by molar-refractivity contribution is -0.148. The third kappa shape index (κ3) is 2.44. The molecule has 0 unspecified atom stereocenters. The molecule has 0 fully saturated rings. The van der Waals surface area contributed by atoms with Crippen LogP contribution in [0.3, 0.4) is 0 Å². The monoisotopic (exact) mass is 254 g/mol. The number of carboxylic acid groups (broad SMARTS) is 1. The zero-order valence-electron chi connectivity index (χ0n) is 10.3. The summed E-state index contributed by atoms with van der Waals surface area (Å²) in [4.78, 5) is 22.4. The Hall–Kier alpha value is -1.66. The van der Waals surface area contributed by atoms with Crippen LogP contribution >= 0.6 is 0 Å². The van der Waals surface area contributed by atoms with Crippen LogP contribution in [0, 0.1) is 0 Å². The number of nitrogens with two attached hydrogens (primary N) is 1. The average molecular weight is 254 g/mol. The summed E-state index contributed by atoms with van der Waals surface area (Å²) in [6.07, 6.45) is 2.14. The maximum atomic E-state index is 11.4. The van der Waals surface area contributed by atoms with E-state index in [1.807, 2.05) is 6.92 Å². The molecule has 0 saturated heterocycles. The second-order valence-electron chi connectivity index (χ2n) is 4.19. The maximum absolute atomic E-state index is 11.4. The van der Waals surface area contributed by atoms with Crippen molar-refractivity contribution in [3.63, 3.8) is 0 Å². The van der Waals surface area contributed by atoms with Gasteiger partial charge in [-0.25, -0.2) is 4.79 Å². The van der Waals surface area contributed by atoms with E-state index in [0.29, 0.717) is 18.4 Å². The van der Waals surface area contributed by atoms with Gasteiger partial charge in [0.05, 0.1) is 12.3 Å². The van der Waals surface area contributed by atoms with Crippen LogP contribution in [0.2, 0.25) is 0 Å². The van der Waals surface area contributed by atoms with Crippen molar-refractivity contribution >= 4 is 12.3 Å². The van der Waals surface area contributed by atoms with E-state index in [4.69, 9.17) is 5.73 Å². The molecule has 0 spiro atoms. The highest BCUT2D eigenvalue weighted by Crippen LogP contribution is 2.24. The van der Waals surface area contributed by atoms with E-state index in [0.717, 1.165) is 6.42 Å². The van der Waals surface area contributed by atoms with E-state index in [1.54, 1.807) is 0 Å². The Morgan fingerprint density at radius 3 is 2.67 bits per heavy atom. The molecular formula is C12H18N2O4. The summed E-state index contributed by atoms with van der Waals surface area (Å²) >= 11 is 0. The van der Waals surface area contributed by atoms with E-state index in [-0.39, 0.29) is 18.7 Å². The second kappa shape index (κ2) is 5.79. The molecule has 1 heterocycles. The number of unbranched alkanes of at least 4 members (excludes halogenated alkanes) is 1. The van der Waals surface area contributed by atoms with Crippen LogP contribution in [-0.2, 0) is 17.1 Å².